The summed E-state index contributed by atoms with van der Waals surface area (Å²) in [6.45, 7) is 2.77. The molecule has 1 fully saturated rings. The standard InChI is InChI=1S/C16H18ClN5O2/c1-2-13-14(16(24)21-7-6-10(9-21)15(18)23)19-20-22(13)12-5-3-4-11(17)8-12/h3-5,8,10H,2,6-7,9H2,1H3,(H2,18,23)/t10-/m1/s1. The van der Waals surface area contributed by atoms with Crippen molar-refractivity contribution in [1.29, 1.82) is 0 Å². The first kappa shape index (κ1) is 16.4. The fourth-order valence-electron chi connectivity index (χ4n) is 2.93. The SMILES string of the molecule is CCc1c(C(=O)N2CC[C@@H](C(N)=O)C2)nnn1-c1cccc(Cl)c1. The van der Waals surface area contributed by atoms with Gasteiger partial charge in [-0.25, -0.2) is 4.68 Å². The Balaban J connectivity index is 1.90. The smallest absolute Gasteiger partial charge is 0.276 e. The van der Waals surface area contributed by atoms with Crippen molar-refractivity contribution < 1.29 is 9.59 Å². The van der Waals surface area contributed by atoms with Crippen molar-refractivity contribution in [2.24, 2.45) is 11.7 Å². The zero-order chi connectivity index (χ0) is 17.3. The molecule has 1 saturated heterocycles. The molecule has 2 heterocycles. The normalized spacial score (nSPS) is 17.2. The number of hydrogen-bond donors (Lipinski definition) is 1. The summed E-state index contributed by atoms with van der Waals surface area (Å²) < 4.78 is 1.63. The molecule has 0 bridgehead atoms. The minimum Gasteiger partial charge on any atom is -0.369 e. The van der Waals surface area contributed by atoms with Crippen LogP contribution in [0.2, 0.25) is 5.02 Å². The molecule has 126 valence electrons. The number of benzene rings is 1. The van der Waals surface area contributed by atoms with Gasteiger partial charge in [-0.3, -0.25) is 9.59 Å². The van der Waals surface area contributed by atoms with Crippen LogP contribution in [0.3, 0.4) is 0 Å². The van der Waals surface area contributed by atoms with Gasteiger partial charge in [-0.1, -0.05) is 29.8 Å². The van der Waals surface area contributed by atoms with Crippen molar-refractivity contribution in [1.82, 2.24) is 19.9 Å². The molecule has 1 aromatic heterocycles. The number of rotatable bonds is 4. The number of nitrogens with zero attached hydrogens (tertiary/aromatic N) is 4. The first-order valence-corrected chi connectivity index (χ1v) is 8.18. The van der Waals surface area contributed by atoms with E-state index in [2.05, 4.69) is 10.3 Å². The van der Waals surface area contributed by atoms with Gasteiger partial charge in [0.05, 0.1) is 17.3 Å². The number of carbonyl (C=O) groups is 2. The maximum Gasteiger partial charge on any atom is 0.276 e. The lowest BCUT2D eigenvalue weighted by atomic mass is 10.1. The van der Waals surface area contributed by atoms with E-state index in [0.29, 0.717) is 42.3 Å². The molecule has 1 aliphatic heterocycles. The van der Waals surface area contributed by atoms with Crippen molar-refractivity contribution >= 4 is 23.4 Å². The summed E-state index contributed by atoms with van der Waals surface area (Å²) in [5, 5.41) is 8.77. The Morgan fingerprint density at radius 1 is 1.42 bits per heavy atom. The lowest BCUT2D eigenvalue weighted by Gasteiger charge is -2.15. The Bertz CT molecular complexity index is 789. The van der Waals surface area contributed by atoms with Crippen molar-refractivity contribution in [2.45, 2.75) is 19.8 Å². The highest BCUT2D eigenvalue weighted by Gasteiger charge is 2.32. The zero-order valence-corrected chi connectivity index (χ0v) is 14.0. The Labute approximate surface area is 144 Å². The molecule has 24 heavy (non-hydrogen) atoms. The fraction of sp³-hybridized carbons (Fsp3) is 0.375. The van der Waals surface area contributed by atoms with E-state index in [-0.39, 0.29) is 17.7 Å². The molecule has 0 aliphatic carbocycles. The van der Waals surface area contributed by atoms with Gasteiger partial charge in [-0.15, -0.1) is 5.10 Å². The van der Waals surface area contributed by atoms with Crippen LogP contribution in [0.4, 0.5) is 0 Å². The molecule has 2 aromatic rings. The summed E-state index contributed by atoms with van der Waals surface area (Å²) in [5.74, 6) is -0.880. The van der Waals surface area contributed by atoms with Crippen molar-refractivity contribution in [3.05, 3.63) is 40.7 Å². The van der Waals surface area contributed by atoms with Crippen LogP contribution in [0.1, 0.15) is 29.5 Å². The number of carbonyl (C=O) groups excluding carboxylic acids is 2. The Kier molecular flexibility index (Phi) is 4.53. The summed E-state index contributed by atoms with van der Waals surface area (Å²) in [5.41, 5.74) is 7.10. The van der Waals surface area contributed by atoms with Crippen molar-refractivity contribution in [3.63, 3.8) is 0 Å². The number of aromatic nitrogens is 3. The van der Waals surface area contributed by atoms with Gasteiger partial charge in [0.1, 0.15) is 0 Å². The maximum atomic E-state index is 12.7. The number of nitrogens with two attached hydrogens (primary N) is 1. The fourth-order valence-corrected chi connectivity index (χ4v) is 3.11. The molecular formula is C16H18ClN5O2. The van der Waals surface area contributed by atoms with Gasteiger partial charge in [0.2, 0.25) is 5.91 Å². The van der Waals surface area contributed by atoms with Crippen LogP contribution < -0.4 is 5.73 Å². The maximum absolute atomic E-state index is 12.7. The van der Waals surface area contributed by atoms with Gasteiger partial charge in [0.25, 0.3) is 5.91 Å². The van der Waals surface area contributed by atoms with E-state index in [0.717, 1.165) is 5.69 Å². The highest BCUT2D eigenvalue weighted by molar-refractivity contribution is 6.30. The number of likely N-dealkylation sites (tertiary alicyclic amines) is 1. The van der Waals surface area contributed by atoms with E-state index in [4.69, 9.17) is 17.3 Å². The first-order chi connectivity index (χ1) is 11.5. The van der Waals surface area contributed by atoms with Crippen LogP contribution in [0.15, 0.2) is 24.3 Å². The molecular weight excluding hydrogens is 330 g/mol. The molecule has 1 atom stereocenters. The van der Waals surface area contributed by atoms with Gasteiger partial charge >= 0.3 is 0 Å². The van der Waals surface area contributed by atoms with E-state index < -0.39 is 0 Å². The van der Waals surface area contributed by atoms with E-state index in [9.17, 15) is 9.59 Å². The molecule has 1 aromatic carbocycles. The third-order valence-corrected chi connectivity index (χ3v) is 4.47. The van der Waals surface area contributed by atoms with E-state index in [1.54, 1.807) is 21.7 Å². The lowest BCUT2D eigenvalue weighted by molar-refractivity contribution is -0.121. The third kappa shape index (κ3) is 2.99. The van der Waals surface area contributed by atoms with E-state index in [1.165, 1.54) is 0 Å². The van der Waals surface area contributed by atoms with Crippen LogP contribution in [0, 0.1) is 5.92 Å². The topological polar surface area (TPSA) is 94.1 Å². The summed E-state index contributed by atoms with van der Waals surface area (Å²) >= 11 is 6.03. The van der Waals surface area contributed by atoms with Crippen LogP contribution >= 0.6 is 11.6 Å². The molecule has 1 aliphatic rings. The summed E-state index contributed by atoms with van der Waals surface area (Å²) in [7, 11) is 0. The largest absolute Gasteiger partial charge is 0.369 e. The Morgan fingerprint density at radius 3 is 2.83 bits per heavy atom. The average molecular weight is 348 g/mol. The number of primary amides is 1. The molecule has 3 rings (SSSR count). The van der Waals surface area contributed by atoms with Gasteiger partial charge in [-0.2, -0.15) is 0 Å². The van der Waals surface area contributed by atoms with Gasteiger partial charge in [-0.05, 0) is 31.0 Å². The Hall–Kier alpha value is -2.41. The number of amides is 2. The van der Waals surface area contributed by atoms with Gasteiger partial charge < -0.3 is 10.6 Å². The minimum absolute atomic E-state index is 0.219. The predicted molar refractivity (Wildman–Crippen MR) is 89.0 cm³/mol. The van der Waals surface area contributed by atoms with Gasteiger partial charge in [0.15, 0.2) is 5.69 Å². The lowest BCUT2D eigenvalue weighted by Crippen LogP contribution is -2.32. The minimum atomic E-state index is -0.372. The van der Waals surface area contributed by atoms with Crippen LogP contribution in [-0.4, -0.2) is 44.8 Å². The van der Waals surface area contributed by atoms with Gasteiger partial charge in [0, 0.05) is 18.1 Å². The second-order valence-corrected chi connectivity index (χ2v) is 6.21. The molecule has 0 radical (unpaired) electrons. The second-order valence-electron chi connectivity index (χ2n) is 5.77. The highest BCUT2D eigenvalue weighted by Crippen LogP contribution is 2.22. The summed E-state index contributed by atoms with van der Waals surface area (Å²) in [6.07, 6.45) is 1.18. The van der Waals surface area contributed by atoms with Crippen LogP contribution in [0.25, 0.3) is 5.69 Å². The first-order valence-electron chi connectivity index (χ1n) is 7.80. The van der Waals surface area contributed by atoms with E-state index >= 15 is 0 Å². The molecule has 0 saturated carbocycles. The Morgan fingerprint density at radius 2 is 2.21 bits per heavy atom. The molecule has 8 heteroatoms. The van der Waals surface area contributed by atoms with Crippen LogP contribution in [-0.2, 0) is 11.2 Å². The van der Waals surface area contributed by atoms with Crippen molar-refractivity contribution in [3.8, 4) is 5.69 Å². The van der Waals surface area contributed by atoms with Crippen molar-refractivity contribution in [2.75, 3.05) is 13.1 Å². The second kappa shape index (κ2) is 6.60. The summed E-state index contributed by atoms with van der Waals surface area (Å²) in [4.78, 5) is 25.6. The summed E-state index contributed by atoms with van der Waals surface area (Å²) in [6, 6.07) is 7.21. The average Bonchev–Trinajstić information content (AvgIpc) is 3.21. The molecule has 0 unspecified atom stereocenters. The quantitative estimate of drug-likeness (QED) is 0.905. The molecule has 2 amide bonds. The third-order valence-electron chi connectivity index (χ3n) is 4.23. The number of hydrogen-bond acceptors (Lipinski definition) is 4. The zero-order valence-electron chi connectivity index (χ0n) is 13.3. The molecule has 7 nitrogen and oxygen atoms in total. The number of halogens is 1. The molecule has 2 N–H and O–H groups in total. The predicted octanol–water partition coefficient (Wildman–Crippen LogP) is 1.43. The van der Waals surface area contributed by atoms with E-state index in [1.807, 2.05) is 19.1 Å². The monoisotopic (exact) mass is 347 g/mol. The van der Waals surface area contributed by atoms with Crippen LogP contribution in [0.5, 0.6) is 0 Å². The molecule has 0 spiro atoms. The highest BCUT2D eigenvalue weighted by atomic mass is 35.5.